The predicted molar refractivity (Wildman–Crippen MR) is 249 cm³/mol. The predicted octanol–water partition coefficient (Wildman–Crippen LogP) is 16.3. The number of benzene rings is 11. The molecular formula is C58H38. The van der Waals surface area contributed by atoms with Crippen LogP contribution >= 0.6 is 0 Å². The van der Waals surface area contributed by atoms with Crippen molar-refractivity contribution in [2.45, 2.75) is 0 Å². The molecule has 0 radical (unpaired) electrons. The molecule has 0 fully saturated rings. The molecule has 0 nitrogen and oxygen atoms in total. The van der Waals surface area contributed by atoms with Gasteiger partial charge >= 0.3 is 0 Å². The quantitative estimate of drug-likeness (QED) is 0.149. The first-order valence-electron chi connectivity index (χ1n) is 20.1. The van der Waals surface area contributed by atoms with Gasteiger partial charge in [-0.2, -0.15) is 0 Å². The fourth-order valence-electron chi connectivity index (χ4n) is 9.23. The fourth-order valence-corrected chi connectivity index (χ4v) is 9.23. The summed E-state index contributed by atoms with van der Waals surface area (Å²) in [5.41, 5.74) is 14.8. The van der Waals surface area contributed by atoms with E-state index in [0.717, 1.165) is 0 Å². The van der Waals surface area contributed by atoms with Crippen molar-refractivity contribution in [3.63, 3.8) is 0 Å². The van der Waals surface area contributed by atoms with Gasteiger partial charge in [-0.1, -0.05) is 218 Å². The highest BCUT2D eigenvalue weighted by Crippen LogP contribution is 2.47. The van der Waals surface area contributed by atoms with Gasteiger partial charge in [0, 0.05) is 0 Å². The molecule has 0 saturated carbocycles. The highest BCUT2D eigenvalue weighted by atomic mass is 14.2. The zero-order valence-corrected chi connectivity index (χ0v) is 31.9. The lowest BCUT2D eigenvalue weighted by Gasteiger charge is -2.19. The van der Waals surface area contributed by atoms with Gasteiger partial charge < -0.3 is 0 Å². The molecule has 0 heteroatoms. The Balaban J connectivity index is 1.08. The molecular weight excluding hydrogens is 697 g/mol. The third-order valence-electron chi connectivity index (χ3n) is 11.8. The Morgan fingerprint density at radius 3 is 0.655 bits per heavy atom. The molecule has 58 heavy (non-hydrogen) atoms. The minimum atomic E-state index is 1.20. The maximum absolute atomic E-state index is 2.41. The van der Waals surface area contributed by atoms with Gasteiger partial charge in [0.2, 0.25) is 0 Å². The molecule has 11 rings (SSSR count). The van der Waals surface area contributed by atoms with Crippen LogP contribution in [0.4, 0.5) is 0 Å². The van der Waals surface area contributed by atoms with Crippen LogP contribution in [-0.2, 0) is 0 Å². The van der Waals surface area contributed by atoms with E-state index in [-0.39, 0.29) is 0 Å². The SMILES string of the molecule is c1ccc(-c2c3ccccc3c(-c3ccccc3)c3cc(-c4ccc(-c5ccc6c(-c7ccccc7)c7ccccc7c(-c7ccccc7)c6c5)cc4)ccc23)cc1. The minimum absolute atomic E-state index is 1.20. The van der Waals surface area contributed by atoms with Crippen molar-refractivity contribution in [3.8, 4) is 66.8 Å². The molecule has 11 aromatic rings. The first kappa shape index (κ1) is 33.8. The summed E-state index contributed by atoms with van der Waals surface area (Å²) in [6.07, 6.45) is 0. The van der Waals surface area contributed by atoms with Crippen LogP contribution in [-0.4, -0.2) is 0 Å². The van der Waals surface area contributed by atoms with Crippen LogP contribution in [0.15, 0.2) is 231 Å². The second-order valence-corrected chi connectivity index (χ2v) is 15.2. The molecule has 0 heterocycles. The first-order valence-corrected chi connectivity index (χ1v) is 20.1. The Morgan fingerprint density at radius 2 is 0.362 bits per heavy atom. The van der Waals surface area contributed by atoms with Crippen molar-refractivity contribution in [3.05, 3.63) is 231 Å². The fraction of sp³-hybridized carbons (Fsp3) is 0. The Labute approximate surface area is 339 Å². The lowest BCUT2D eigenvalue weighted by molar-refractivity contribution is 1.61. The average Bonchev–Trinajstić information content (AvgIpc) is 3.30. The van der Waals surface area contributed by atoms with E-state index >= 15 is 0 Å². The molecule has 0 aromatic heterocycles. The standard InChI is InChI=1S/C58H38/c1-5-17-41(18-6-1)55-47-25-13-15-27-49(47)57(43-21-9-3-10-22-43)53-37-45(33-35-51(53)55)39-29-31-40(32-30-39)46-34-36-52-54(38-46)58(44-23-11-4-12-24-44)50-28-16-14-26-48(50)56(52)42-19-7-2-8-20-42/h1-38H. The third kappa shape index (κ3) is 5.69. The van der Waals surface area contributed by atoms with Crippen molar-refractivity contribution in [2.24, 2.45) is 0 Å². The van der Waals surface area contributed by atoms with E-state index in [1.807, 2.05) is 0 Å². The molecule has 0 atom stereocenters. The smallest absolute Gasteiger partial charge is 0.00262 e. The monoisotopic (exact) mass is 734 g/mol. The first-order chi connectivity index (χ1) is 28.8. The van der Waals surface area contributed by atoms with Crippen molar-refractivity contribution in [2.75, 3.05) is 0 Å². The van der Waals surface area contributed by atoms with E-state index in [9.17, 15) is 0 Å². The molecule has 0 unspecified atom stereocenters. The molecule has 0 saturated heterocycles. The molecule has 0 aliphatic rings. The Hall–Kier alpha value is -7.54. The summed E-state index contributed by atoms with van der Waals surface area (Å²) >= 11 is 0. The molecule has 0 spiro atoms. The summed E-state index contributed by atoms with van der Waals surface area (Å²) in [5.74, 6) is 0. The molecule has 0 aliphatic heterocycles. The number of rotatable bonds is 6. The largest absolute Gasteiger partial charge is 0.0622 e. The summed E-state index contributed by atoms with van der Waals surface area (Å²) in [7, 11) is 0. The van der Waals surface area contributed by atoms with Crippen molar-refractivity contribution < 1.29 is 0 Å². The second-order valence-electron chi connectivity index (χ2n) is 15.2. The van der Waals surface area contributed by atoms with Gasteiger partial charge in [-0.05, 0) is 122 Å². The average molecular weight is 735 g/mol. The van der Waals surface area contributed by atoms with Crippen molar-refractivity contribution in [1.29, 1.82) is 0 Å². The van der Waals surface area contributed by atoms with Gasteiger partial charge in [-0.25, -0.2) is 0 Å². The Morgan fingerprint density at radius 1 is 0.138 bits per heavy atom. The van der Waals surface area contributed by atoms with E-state index in [1.165, 1.54) is 110 Å². The summed E-state index contributed by atoms with van der Waals surface area (Å²) in [6, 6.07) is 84.4. The molecule has 0 N–H and O–H groups in total. The minimum Gasteiger partial charge on any atom is -0.0622 e. The van der Waals surface area contributed by atoms with Gasteiger partial charge in [-0.15, -0.1) is 0 Å². The normalized spacial score (nSPS) is 11.4. The van der Waals surface area contributed by atoms with Crippen LogP contribution < -0.4 is 0 Å². The summed E-state index contributed by atoms with van der Waals surface area (Å²) < 4.78 is 0. The highest BCUT2D eigenvalue weighted by Gasteiger charge is 2.19. The summed E-state index contributed by atoms with van der Waals surface area (Å²) in [6.45, 7) is 0. The van der Waals surface area contributed by atoms with Gasteiger partial charge in [-0.3, -0.25) is 0 Å². The number of hydrogen-bond donors (Lipinski definition) is 0. The summed E-state index contributed by atoms with van der Waals surface area (Å²) in [5, 5.41) is 10.1. The molecule has 270 valence electrons. The number of hydrogen-bond acceptors (Lipinski definition) is 0. The molecule has 0 bridgehead atoms. The maximum Gasteiger partial charge on any atom is -0.00262 e. The maximum atomic E-state index is 2.41. The second kappa shape index (κ2) is 14.2. The van der Waals surface area contributed by atoms with E-state index in [4.69, 9.17) is 0 Å². The van der Waals surface area contributed by atoms with E-state index in [0.29, 0.717) is 0 Å². The topological polar surface area (TPSA) is 0 Å². The van der Waals surface area contributed by atoms with Crippen LogP contribution in [0.3, 0.4) is 0 Å². The van der Waals surface area contributed by atoms with Crippen LogP contribution in [0.5, 0.6) is 0 Å². The summed E-state index contributed by atoms with van der Waals surface area (Å²) in [4.78, 5) is 0. The van der Waals surface area contributed by atoms with E-state index in [1.54, 1.807) is 0 Å². The highest BCUT2D eigenvalue weighted by molar-refractivity contribution is 6.23. The lowest BCUT2D eigenvalue weighted by Crippen LogP contribution is -1.92. The Bertz CT molecular complexity index is 3050. The Kier molecular flexibility index (Phi) is 8.26. The third-order valence-corrected chi connectivity index (χ3v) is 11.8. The van der Waals surface area contributed by atoms with E-state index in [2.05, 4.69) is 231 Å². The van der Waals surface area contributed by atoms with E-state index < -0.39 is 0 Å². The van der Waals surface area contributed by atoms with Crippen molar-refractivity contribution >= 4 is 43.1 Å². The number of fused-ring (bicyclic) bond motifs is 4. The lowest BCUT2D eigenvalue weighted by atomic mass is 9.84. The van der Waals surface area contributed by atoms with Gasteiger partial charge in [0.15, 0.2) is 0 Å². The van der Waals surface area contributed by atoms with Gasteiger partial charge in [0.05, 0.1) is 0 Å². The van der Waals surface area contributed by atoms with Gasteiger partial charge in [0.1, 0.15) is 0 Å². The van der Waals surface area contributed by atoms with Crippen LogP contribution in [0.25, 0.3) is 110 Å². The molecule has 0 amide bonds. The van der Waals surface area contributed by atoms with Crippen LogP contribution in [0.2, 0.25) is 0 Å². The molecule has 11 aromatic carbocycles. The molecule has 0 aliphatic carbocycles. The van der Waals surface area contributed by atoms with Crippen molar-refractivity contribution in [1.82, 2.24) is 0 Å². The van der Waals surface area contributed by atoms with Crippen LogP contribution in [0.1, 0.15) is 0 Å². The van der Waals surface area contributed by atoms with Gasteiger partial charge in [0.25, 0.3) is 0 Å². The zero-order valence-electron chi connectivity index (χ0n) is 31.9. The zero-order chi connectivity index (χ0) is 38.4. The van der Waals surface area contributed by atoms with Crippen LogP contribution in [0, 0.1) is 0 Å².